The van der Waals surface area contributed by atoms with Crippen LogP contribution in [0.15, 0.2) is 24.3 Å². The summed E-state index contributed by atoms with van der Waals surface area (Å²) in [5.74, 6) is 1.39. The molecule has 0 heterocycles. The second-order valence-electron chi connectivity index (χ2n) is 7.60. The van der Waals surface area contributed by atoms with E-state index < -0.39 is 6.10 Å². The normalized spacial score (nSPS) is 12.1. The van der Waals surface area contributed by atoms with Crippen molar-refractivity contribution in [3.63, 3.8) is 0 Å². The van der Waals surface area contributed by atoms with Gasteiger partial charge >= 0.3 is 0 Å². The number of benzene rings is 2. The van der Waals surface area contributed by atoms with Gasteiger partial charge in [0.2, 0.25) is 0 Å². The smallest absolute Gasteiger partial charge is 0.130 e. The molecule has 0 amide bonds. The van der Waals surface area contributed by atoms with Crippen molar-refractivity contribution in [1.29, 1.82) is 0 Å². The van der Waals surface area contributed by atoms with E-state index >= 15 is 0 Å². The molecule has 33 heavy (non-hydrogen) atoms. The highest BCUT2D eigenvalue weighted by Crippen LogP contribution is 2.36. The molecule has 1 unspecified atom stereocenters. The predicted molar refractivity (Wildman–Crippen MR) is 125 cm³/mol. The van der Waals surface area contributed by atoms with Gasteiger partial charge in [-0.2, -0.15) is 0 Å². The van der Waals surface area contributed by atoms with Crippen LogP contribution in [0.1, 0.15) is 22.3 Å². The van der Waals surface area contributed by atoms with E-state index in [0.29, 0.717) is 32.2 Å². The van der Waals surface area contributed by atoms with Crippen LogP contribution in [0.3, 0.4) is 0 Å². The largest absolute Gasteiger partial charge is 0.496 e. The van der Waals surface area contributed by atoms with Crippen molar-refractivity contribution in [2.45, 2.75) is 32.5 Å². The zero-order valence-electron chi connectivity index (χ0n) is 20.4. The average Bonchev–Trinajstić information content (AvgIpc) is 2.79. The summed E-state index contributed by atoms with van der Waals surface area (Å²) in [5.41, 5.74) is 5.50. The maximum absolute atomic E-state index is 10.0. The highest BCUT2D eigenvalue weighted by molar-refractivity contribution is 5.70. The average molecular weight is 465 g/mol. The Labute approximate surface area is 196 Å². The van der Waals surface area contributed by atoms with Crippen molar-refractivity contribution < 1.29 is 38.3 Å². The quantitative estimate of drug-likeness (QED) is 0.430. The molecular formula is C25H36O8. The molecular weight excluding hydrogens is 428 g/mol. The standard InChI is InChI=1S/C25H36O8/c1-27-11-19-7-17(8-20(12-28-2)24(19)32-6)18-9-21(13-29-3)25(22(10-18)14-30-4)33-16-23(26)15-31-5/h7-10,23,26H,11-16H2,1-6H3. The third-order valence-electron chi connectivity index (χ3n) is 5.00. The summed E-state index contributed by atoms with van der Waals surface area (Å²) in [6, 6.07) is 8.14. The van der Waals surface area contributed by atoms with Gasteiger partial charge in [0.25, 0.3) is 0 Å². The van der Waals surface area contributed by atoms with Gasteiger partial charge < -0.3 is 38.3 Å². The van der Waals surface area contributed by atoms with Crippen molar-refractivity contribution in [2.24, 2.45) is 0 Å². The molecule has 0 aliphatic rings. The van der Waals surface area contributed by atoms with Crippen LogP contribution in [-0.4, -0.2) is 67.1 Å². The Morgan fingerprint density at radius 1 is 0.576 bits per heavy atom. The van der Waals surface area contributed by atoms with E-state index in [2.05, 4.69) is 0 Å². The molecule has 0 radical (unpaired) electrons. The third kappa shape index (κ3) is 7.40. The molecule has 0 saturated heterocycles. The van der Waals surface area contributed by atoms with Crippen molar-refractivity contribution in [1.82, 2.24) is 0 Å². The molecule has 1 N–H and O–H groups in total. The fraction of sp³-hybridized carbons (Fsp3) is 0.520. The highest BCUT2D eigenvalue weighted by Gasteiger charge is 2.18. The first-order valence-electron chi connectivity index (χ1n) is 10.6. The van der Waals surface area contributed by atoms with Gasteiger partial charge in [0, 0.05) is 57.8 Å². The Bertz CT molecular complexity index is 813. The highest BCUT2D eigenvalue weighted by atomic mass is 16.5. The molecule has 0 saturated carbocycles. The van der Waals surface area contributed by atoms with Gasteiger partial charge in [-0.3, -0.25) is 0 Å². The minimum Gasteiger partial charge on any atom is -0.496 e. The number of rotatable bonds is 15. The molecule has 8 nitrogen and oxygen atoms in total. The lowest BCUT2D eigenvalue weighted by Gasteiger charge is -2.20. The number of hydrogen-bond donors (Lipinski definition) is 1. The van der Waals surface area contributed by atoms with Gasteiger partial charge in [0.15, 0.2) is 0 Å². The Morgan fingerprint density at radius 3 is 1.30 bits per heavy atom. The van der Waals surface area contributed by atoms with E-state index in [1.54, 1.807) is 35.5 Å². The molecule has 2 aromatic carbocycles. The molecule has 8 heteroatoms. The van der Waals surface area contributed by atoms with Gasteiger partial charge in [-0.25, -0.2) is 0 Å². The monoisotopic (exact) mass is 464 g/mol. The van der Waals surface area contributed by atoms with Crippen molar-refractivity contribution in [2.75, 3.05) is 55.9 Å². The molecule has 0 spiro atoms. The number of aliphatic hydroxyl groups is 1. The third-order valence-corrected chi connectivity index (χ3v) is 5.00. The number of hydrogen-bond acceptors (Lipinski definition) is 8. The van der Waals surface area contributed by atoms with Crippen LogP contribution in [0.2, 0.25) is 0 Å². The molecule has 0 bridgehead atoms. The first kappa shape index (κ1) is 27.0. The van der Waals surface area contributed by atoms with E-state index in [1.807, 2.05) is 24.3 Å². The second kappa shape index (κ2) is 14.1. The van der Waals surface area contributed by atoms with E-state index in [9.17, 15) is 5.11 Å². The summed E-state index contributed by atoms with van der Waals surface area (Å²) in [6.07, 6.45) is -0.741. The van der Waals surface area contributed by atoms with Crippen LogP contribution in [-0.2, 0) is 50.1 Å². The minimum atomic E-state index is -0.741. The molecule has 2 aromatic rings. The SMILES string of the molecule is COCc1cc(-c2cc(COC)c(OCC(O)COC)c(COC)c2)cc(COC)c1OC. The molecule has 0 fully saturated rings. The van der Waals surface area contributed by atoms with Crippen LogP contribution >= 0.6 is 0 Å². The Balaban J connectivity index is 2.59. The molecule has 1 atom stereocenters. The van der Waals surface area contributed by atoms with Crippen LogP contribution in [0.5, 0.6) is 11.5 Å². The molecule has 0 aromatic heterocycles. The number of methoxy groups -OCH3 is 6. The van der Waals surface area contributed by atoms with Gasteiger partial charge in [-0.05, 0) is 35.4 Å². The summed E-state index contributed by atoms with van der Waals surface area (Å²) in [4.78, 5) is 0. The van der Waals surface area contributed by atoms with E-state index in [4.69, 9.17) is 33.2 Å². The van der Waals surface area contributed by atoms with Crippen LogP contribution in [0.25, 0.3) is 11.1 Å². The Kier molecular flexibility index (Phi) is 11.6. The predicted octanol–water partition coefficient (Wildman–Crippen LogP) is 3.33. The van der Waals surface area contributed by atoms with E-state index in [0.717, 1.165) is 39.1 Å². The lowest BCUT2D eigenvalue weighted by atomic mass is 9.95. The topological polar surface area (TPSA) is 84.8 Å². The number of aliphatic hydroxyl groups excluding tert-OH is 1. The van der Waals surface area contributed by atoms with Crippen LogP contribution in [0.4, 0.5) is 0 Å². The fourth-order valence-corrected chi connectivity index (χ4v) is 3.76. The van der Waals surface area contributed by atoms with Crippen molar-refractivity contribution >= 4 is 0 Å². The van der Waals surface area contributed by atoms with Gasteiger partial charge in [-0.1, -0.05) is 0 Å². The van der Waals surface area contributed by atoms with E-state index in [-0.39, 0.29) is 13.2 Å². The molecule has 0 aliphatic carbocycles. The minimum absolute atomic E-state index is 0.0964. The van der Waals surface area contributed by atoms with E-state index in [1.165, 1.54) is 7.11 Å². The summed E-state index contributed by atoms with van der Waals surface area (Å²) < 4.78 is 38.3. The van der Waals surface area contributed by atoms with Gasteiger partial charge in [-0.15, -0.1) is 0 Å². The van der Waals surface area contributed by atoms with Crippen molar-refractivity contribution in [3.8, 4) is 22.6 Å². The number of ether oxygens (including phenoxy) is 7. The fourth-order valence-electron chi connectivity index (χ4n) is 3.76. The van der Waals surface area contributed by atoms with Gasteiger partial charge in [0.05, 0.1) is 40.1 Å². The Hall–Kier alpha value is -2.20. The lowest BCUT2D eigenvalue weighted by molar-refractivity contribution is 0.0311. The summed E-state index contributed by atoms with van der Waals surface area (Å²) >= 11 is 0. The summed E-state index contributed by atoms with van der Waals surface area (Å²) in [6.45, 7) is 1.77. The zero-order chi connectivity index (χ0) is 24.2. The lowest BCUT2D eigenvalue weighted by Crippen LogP contribution is -2.23. The first-order valence-corrected chi connectivity index (χ1v) is 10.6. The maximum Gasteiger partial charge on any atom is 0.130 e. The molecule has 0 aliphatic heterocycles. The maximum atomic E-state index is 10.0. The first-order chi connectivity index (χ1) is 16.0. The molecule has 184 valence electrons. The van der Waals surface area contributed by atoms with Crippen LogP contribution in [0, 0.1) is 0 Å². The summed E-state index contributed by atoms with van der Waals surface area (Å²) in [5, 5.41) is 10.0. The molecule has 2 rings (SSSR count). The van der Waals surface area contributed by atoms with Gasteiger partial charge in [0.1, 0.15) is 24.2 Å². The zero-order valence-corrected chi connectivity index (χ0v) is 20.4. The van der Waals surface area contributed by atoms with Crippen molar-refractivity contribution in [3.05, 3.63) is 46.5 Å². The summed E-state index contributed by atoms with van der Waals surface area (Å²) in [7, 11) is 9.75. The Morgan fingerprint density at radius 2 is 0.970 bits per heavy atom. The van der Waals surface area contributed by atoms with Crippen LogP contribution < -0.4 is 9.47 Å². The second-order valence-corrected chi connectivity index (χ2v) is 7.60.